The first kappa shape index (κ1) is 17.3. The lowest BCUT2D eigenvalue weighted by Gasteiger charge is -2.06. The Kier molecular flexibility index (Phi) is 4.53. The number of non-ortho nitro benzene ring substituents is 1. The lowest BCUT2D eigenvalue weighted by molar-refractivity contribution is -0.384. The largest absolute Gasteiger partial charge is 0.452 e. The molecule has 0 amide bonds. The molecule has 0 aromatic heterocycles. The Labute approximate surface area is 149 Å². The van der Waals surface area contributed by atoms with Crippen molar-refractivity contribution in [3.63, 3.8) is 0 Å². The van der Waals surface area contributed by atoms with E-state index in [0.29, 0.717) is 28.2 Å². The number of benzene rings is 2. The standard InChI is InChI=1S/C19H15NO6/c1-3-17(21)25-14-7-11(2)18-15(10-14)26-16(19(18)22)9-12-5-4-6-13(8-12)20(23)24/h4-10H,3H2,1-2H3/b16-9-. The number of nitrogens with zero attached hydrogens (tertiary/aromatic N) is 1. The molecule has 3 rings (SSSR count). The van der Waals surface area contributed by atoms with Crippen LogP contribution in [0.25, 0.3) is 6.08 Å². The highest BCUT2D eigenvalue weighted by atomic mass is 16.6. The van der Waals surface area contributed by atoms with E-state index in [1.807, 2.05) is 0 Å². The fourth-order valence-electron chi connectivity index (χ4n) is 2.62. The van der Waals surface area contributed by atoms with Crippen molar-refractivity contribution >= 4 is 23.5 Å². The van der Waals surface area contributed by atoms with Crippen molar-refractivity contribution < 1.29 is 24.0 Å². The third-order valence-corrected chi connectivity index (χ3v) is 3.84. The first-order valence-electron chi connectivity index (χ1n) is 7.93. The molecule has 2 aromatic rings. The number of allylic oxidation sites excluding steroid dienone is 1. The van der Waals surface area contributed by atoms with Crippen LogP contribution < -0.4 is 9.47 Å². The number of Topliss-reactive ketones (excluding diaryl/α,β-unsaturated/α-hetero) is 1. The summed E-state index contributed by atoms with van der Waals surface area (Å²) in [5.74, 6) is -0.0518. The fraction of sp³-hybridized carbons (Fsp3) is 0.158. The second-order valence-electron chi connectivity index (χ2n) is 5.73. The molecule has 2 aromatic carbocycles. The zero-order valence-corrected chi connectivity index (χ0v) is 14.1. The van der Waals surface area contributed by atoms with Crippen LogP contribution in [0.5, 0.6) is 11.5 Å². The summed E-state index contributed by atoms with van der Waals surface area (Å²) in [7, 11) is 0. The molecule has 1 heterocycles. The molecule has 1 aliphatic rings. The third kappa shape index (κ3) is 3.32. The van der Waals surface area contributed by atoms with Crippen molar-refractivity contribution in [2.75, 3.05) is 0 Å². The average Bonchev–Trinajstić information content (AvgIpc) is 2.91. The molecule has 0 aliphatic carbocycles. The molecule has 0 bridgehead atoms. The van der Waals surface area contributed by atoms with Gasteiger partial charge in [-0.1, -0.05) is 19.1 Å². The number of hydrogen-bond acceptors (Lipinski definition) is 6. The monoisotopic (exact) mass is 353 g/mol. The van der Waals surface area contributed by atoms with Gasteiger partial charge >= 0.3 is 5.97 Å². The van der Waals surface area contributed by atoms with Crippen molar-refractivity contribution in [2.45, 2.75) is 20.3 Å². The second kappa shape index (κ2) is 6.79. The van der Waals surface area contributed by atoms with Gasteiger partial charge in [0.25, 0.3) is 5.69 Å². The number of nitro groups is 1. The number of ketones is 1. The van der Waals surface area contributed by atoms with E-state index in [0.717, 1.165) is 0 Å². The number of nitro benzene ring substituents is 1. The Hall–Kier alpha value is -3.48. The van der Waals surface area contributed by atoms with E-state index in [1.165, 1.54) is 30.3 Å². The molecule has 0 saturated heterocycles. The van der Waals surface area contributed by atoms with E-state index in [2.05, 4.69) is 0 Å². The maximum atomic E-state index is 12.6. The van der Waals surface area contributed by atoms with Gasteiger partial charge in [0.1, 0.15) is 11.5 Å². The maximum absolute atomic E-state index is 12.6. The van der Waals surface area contributed by atoms with Crippen LogP contribution in [0.2, 0.25) is 0 Å². The lowest BCUT2D eigenvalue weighted by atomic mass is 10.0. The molecule has 7 nitrogen and oxygen atoms in total. The topological polar surface area (TPSA) is 95.7 Å². The van der Waals surface area contributed by atoms with Gasteiger partial charge in [0.15, 0.2) is 5.76 Å². The van der Waals surface area contributed by atoms with Crippen LogP contribution in [0, 0.1) is 17.0 Å². The van der Waals surface area contributed by atoms with Gasteiger partial charge in [-0.3, -0.25) is 19.7 Å². The summed E-state index contributed by atoms with van der Waals surface area (Å²) in [6.45, 7) is 3.40. The molecule has 132 valence electrons. The summed E-state index contributed by atoms with van der Waals surface area (Å²) in [6, 6.07) is 8.98. The Morgan fingerprint density at radius 3 is 2.77 bits per heavy atom. The quantitative estimate of drug-likeness (QED) is 0.272. The number of hydrogen-bond donors (Lipinski definition) is 0. The summed E-state index contributed by atoms with van der Waals surface area (Å²) < 4.78 is 10.8. The van der Waals surface area contributed by atoms with Gasteiger partial charge in [-0.25, -0.2) is 0 Å². The van der Waals surface area contributed by atoms with E-state index in [-0.39, 0.29) is 29.6 Å². The molecule has 0 N–H and O–H groups in total. The molecule has 1 aliphatic heterocycles. The van der Waals surface area contributed by atoms with Gasteiger partial charge in [-0.05, 0) is 30.2 Å². The normalized spacial score (nSPS) is 14.1. The number of carbonyl (C=O) groups excluding carboxylic acids is 2. The highest BCUT2D eigenvalue weighted by Gasteiger charge is 2.30. The first-order valence-corrected chi connectivity index (χ1v) is 7.93. The summed E-state index contributed by atoms with van der Waals surface area (Å²) in [4.78, 5) is 34.4. The van der Waals surface area contributed by atoms with E-state index in [9.17, 15) is 19.7 Å². The Morgan fingerprint density at radius 2 is 2.08 bits per heavy atom. The first-order chi connectivity index (χ1) is 12.4. The highest BCUT2D eigenvalue weighted by Crippen LogP contribution is 2.37. The van der Waals surface area contributed by atoms with Crippen molar-refractivity contribution in [1.82, 2.24) is 0 Å². The molecule has 26 heavy (non-hydrogen) atoms. The minimum Gasteiger partial charge on any atom is -0.452 e. The van der Waals surface area contributed by atoms with E-state index in [1.54, 1.807) is 26.0 Å². The molecule has 0 radical (unpaired) electrons. The molecular weight excluding hydrogens is 338 g/mol. The maximum Gasteiger partial charge on any atom is 0.310 e. The van der Waals surface area contributed by atoms with Gasteiger partial charge in [0, 0.05) is 24.6 Å². The number of esters is 1. The van der Waals surface area contributed by atoms with Crippen molar-refractivity contribution in [3.8, 4) is 11.5 Å². The van der Waals surface area contributed by atoms with E-state index in [4.69, 9.17) is 9.47 Å². The van der Waals surface area contributed by atoms with Gasteiger partial charge in [-0.2, -0.15) is 0 Å². The minimum atomic E-state index is -0.507. The predicted molar refractivity (Wildman–Crippen MR) is 93.1 cm³/mol. The van der Waals surface area contributed by atoms with Crippen LogP contribution in [0.1, 0.15) is 34.8 Å². The van der Waals surface area contributed by atoms with Crippen LogP contribution in [0.4, 0.5) is 5.69 Å². The SMILES string of the molecule is CCC(=O)Oc1cc(C)c2c(c1)O/C(=C\c1cccc([N+](=O)[O-])c1)C2=O. The molecule has 7 heteroatoms. The smallest absolute Gasteiger partial charge is 0.310 e. The summed E-state index contributed by atoms with van der Waals surface area (Å²) >= 11 is 0. The molecule has 0 atom stereocenters. The van der Waals surface area contributed by atoms with E-state index < -0.39 is 4.92 Å². The number of fused-ring (bicyclic) bond motifs is 1. The molecular formula is C19H15NO6. The van der Waals surface area contributed by atoms with Gasteiger partial charge in [0.2, 0.25) is 5.78 Å². The Bertz CT molecular complexity index is 960. The predicted octanol–water partition coefficient (Wildman–Crippen LogP) is 3.83. The number of aryl methyl sites for hydroxylation is 1. The molecule has 0 fully saturated rings. The van der Waals surface area contributed by atoms with Crippen LogP contribution in [0.3, 0.4) is 0 Å². The van der Waals surface area contributed by atoms with Gasteiger partial charge in [-0.15, -0.1) is 0 Å². The van der Waals surface area contributed by atoms with Gasteiger partial charge in [0.05, 0.1) is 10.5 Å². The number of rotatable bonds is 4. The van der Waals surface area contributed by atoms with Gasteiger partial charge < -0.3 is 9.47 Å². The Morgan fingerprint density at radius 1 is 1.31 bits per heavy atom. The summed E-state index contributed by atoms with van der Waals surface area (Å²) in [6.07, 6.45) is 1.68. The van der Waals surface area contributed by atoms with Crippen molar-refractivity contribution in [3.05, 3.63) is 69.0 Å². The van der Waals surface area contributed by atoms with Crippen LogP contribution in [-0.2, 0) is 4.79 Å². The number of carbonyl (C=O) groups is 2. The molecule has 0 spiro atoms. The zero-order valence-electron chi connectivity index (χ0n) is 14.1. The van der Waals surface area contributed by atoms with E-state index >= 15 is 0 Å². The Balaban J connectivity index is 1.94. The summed E-state index contributed by atoms with van der Waals surface area (Å²) in [5.41, 5.74) is 1.41. The van der Waals surface area contributed by atoms with Crippen molar-refractivity contribution in [2.24, 2.45) is 0 Å². The molecule has 0 saturated carbocycles. The summed E-state index contributed by atoms with van der Waals surface area (Å²) in [5, 5.41) is 10.9. The highest BCUT2D eigenvalue weighted by molar-refractivity contribution is 6.15. The van der Waals surface area contributed by atoms with Crippen LogP contribution in [0.15, 0.2) is 42.2 Å². The minimum absolute atomic E-state index is 0.0579. The number of ether oxygens (including phenoxy) is 2. The van der Waals surface area contributed by atoms with Crippen LogP contribution in [-0.4, -0.2) is 16.7 Å². The van der Waals surface area contributed by atoms with Crippen LogP contribution >= 0.6 is 0 Å². The lowest BCUT2D eigenvalue weighted by Crippen LogP contribution is -2.06. The second-order valence-corrected chi connectivity index (χ2v) is 5.73. The third-order valence-electron chi connectivity index (χ3n) is 3.84. The zero-order chi connectivity index (χ0) is 18.8. The average molecular weight is 353 g/mol. The van der Waals surface area contributed by atoms with Crippen molar-refractivity contribution in [1.29, 1.82) is 0 Å². The fourth-order valence-corrected chi connectivity index (χ4v) is 2.62. The molecule has 0 unspecified atom stereocenters.